The van der Waals surface area contributed by atoms with Crippen LogP contribution in [0, 0.1) is 10.1 Å². The normalized spacial score (nSPS) is 10.3. The van der Waals surface area contributed by atoms with Crippen LogP contribution in [0.25, 0.3) is 0 Å². The van der Waals surface area contributed by atoms with Crippen molar-refractivity contribution in [2.24, 2.45) is 0 Å². The number of nitrogens with zero attached hydrogens (tertiary/aromatic N) is 3. The second-order valence-electron chi connectivity index (χ2n) is 3.15. The van der Waals surface area contributed by atoms with Crippen LogP contribution in [0.15, 0.2) is 49.6 Å². The van der Waals surface area contributed by atoms with Crippen molar-refractivity contribution in [3.8, 4) is 0 Å². The van der Waals surface area contributed by atoms with E-state index in [9.17, 15) is 10.1 Å². The first kappa shape index (κ1) is 13.4. The number of hydrogen-bond donors (Lipinski definition) is 0. The lowest BCUT2D eigenvalue weighted by Gasteiger charge is -2.02. The maximum atomic E-state index is 10.9. The van der Waals surface area contributed by atoms with Gasteiger partial charge in [-0.05, 0) is 55.8 Å². The highest BCUT2D eigenvalue weighted by Gasteiger charge is 2.17. The molecule has 0 atom stereocenters. The predicted molar refractivity (Wildman–Crippen MR) is 74.7 cm³/mol. The predicted octanol–water partition coefficient (Wildman–Crippen LogP) is 4.06. The minimum atomic E-state index is -0.459. The van der Waals surface area contributed by atoms with Crippen molar-refractivity contribution in [2.45, 2.75) is 10.1 Å². The van der Waals surface area contributed by atoms with E-state index in [2.05, 4.69) is 41.8 Å². The van der Waals surface area contributed by atoms with E-state index in [4.69, 9.17) is 0 Å². The van der Waals surface area contributed by atoms with Crippen LogP contribution in [0.1, 0.15) is 0 Å². The van der Waals surface area contributed by atoms with Gasteiger partial charge in [0.2, 0.25) is 0 Å². The number of pyridine rings is 2. The van der Waals surface area contributed by atoms with E-state index in [1.54, 1.807) is 12.3 Å². The molecule has 0 unspecified atom stereocenters. The summed E-state index contributed by atoms with van der Waals surface area (Å²) >= 11 is 7.59. The molecule has 0 saturated carbocycles. The van der Waals surface area contributed by atoms with Crippen molar-refractivity contribution >= 4 is 49.3 Å². The summed E-state index contributed by atoms with van der Waals surface area (Å²) < 4.78 is 1.42. The fourth-order valence-electron chi connectivity index (χ4n) is 1.15. The van der Waals surface area contributed by atoms with Crippen molar-refractivity contribution in [3.05, 3.63) is 49.7 Å². The third-order valence-corrected chi connectivity index (χ3v) is 3.76. The fourth-order valence-corrected chi connectivity index (χ4v) is 2.48. The first-order valence-corrected chi connectivity index (χ1v) is 7.06. The SMILES string of the molecule is O=[N+]([O-])c1cc(Br)cnc1Sc1ccc(Br)cn1. The Labute approximate surface area is 123 Å². The Bertz CT molecular complexity index is 592. The number of hydrogen-bond acceptors (Lipinski definition) is 5. The molecule has 0 aliphatic carbocycles. The standard InChI is InChI=1S/C10H5Br2N3O2S/c11-6-1-2-9(13-4-6)18-10-8(15(16)17)3-7(12)5-14-10/h1-5H. The maximum absolute atomic E-state index is 10.9. The highest BCUT2D eigenvalue weighted by molar-refractivity contribution is 9.10. The van der Waals surface area contributed by atoms with Crippen molar-refractivity contribution in [3.63, 3.8) is 0 Å². The van der Waals surface area contributed by atoms with Gasteiger partial charge in [-0.3, -0.25) is 10.1 Å². The monoisotopic (exact) mass is 389 g/mol. The lowest BCUT2D eigenvalue weighted by atomic mass is 10.4. The van der Waals surface area contributed by atoms with E-state index in [1.807, 2.05) is 6.07 Å². The van der Waals surface area contributed by atoms with E-state index < -0.39 is 4.92 Å². The van der Waals surface area contributed by atoms with E-state index in [0.29, 0.717) is 14.5 Å². The molecule has 2 aromatic heterocycles. The van der Waals surface area contributed by atoms with Crippen molar-refractivity contribution in [1.29, 1.82) is 0 Å². The molecule has 0 saturated heterocycles. The van der Waals surface area contributed by atoms with Crippen molar-refractivity contribution in [2.75, 3.05) is 0 Å². The van der Waals surface area contributed by atoms with E-state index in [1.165, 1.54) is 12.3 Å². The molecule has 2 rings (SSSR count). The summed E-state index contributed by atoms with van der Waals surface area (Å²) in [4.78, 5) is 18.6. The Morgan fingerprint density at radius 1 is 1.17 bits per heavy atom. The lowest BCUT2D eigenvalue weighted by molar-refractivity contribution is -0.388. The summed E-state index contributed by atoms with van der Waals surface area (Å²) in [6.07, 6.45) is 3.15. The molecular weight excluding hydrogens is 386 g/mol. The van der Waals surface area contributed by atoms with Gasteiger partial charge in [0.15, 0.2) is 5.03 Å². The first-order chi connectivity index (χ1) is 8.56. The summed E-state index contributed by atoms with van der Waals surface area (Å²) in [7, 11) is 0. The number of rotatable bonds is 3. The van der Waals surface area contributed by atoms with Gasteiger partial charge in [-0.15, -0.1) is 0 Å². The molecular formula is C10H5Br2N3O2S. The third kappa shape index (κ3) is 3.27. The molecule has 0 N–H and O–H groups in total. The van der Waals surface area contributed by atoms with Crippen LogP contribution in [-0.2, 0) is 0 Å². The minimum absolute atomic E-state index is 0.0425. The molecule has 92 valence electrons. The van der Waals surface area contributed by atoms with Gasteiger partial charge in [-0.2, -0.15) is 0 Å². The van der Waals surface area contributed by atoms with Crippen LogP contribution in [0.5, 0.6) is 0 Å². The van der Waals surface area contributed by atoms with Crippen LogP contribution in [0.3, 0.4) is 0 Å². The average molecular weight is 391 g/mol. The Morgan fingerprint density at radius 2 is 1.89 bits per heavy atom. The van der Waals surface area contributed by atoms with Crippen molar-refractivity contribution < 1.29 is 4.92 Å². The summed E-state index contributed by atoms with van der Waals surface area (Å²) in [5, 5.41) is 11.9. The second-order valence-corrected chi connectivity index (χ2v) is 5.99. The zero-order chi connectivity index (χ0) is 13.1. The number of nitro groups is 1. The largest absolute Gasteiger partial charge is 0.302 e. The van der Waals surface area contributed by atoms with Gasteiger partial charge in [-0.1, -0.05) is 0 Å². The lowest BCUT2D eigenvalue weighted by Crippen LogP contribution is -1.93. The number of halogens is 2. The smallest absolute Gasteiger partial charge is 0.258 e. The number of aromatic nitrogens is 2. The molecule has 0 spiro atoms. The van der Waals surface area contributed by atoms with E-state index in [-0.39, 0.29) is 5.69 Å². The Kier molecular flexibility index (Phi) is 4.31. The summed E-state index contributed by atoms with van der Waals surface area (Å²) in [6.45, 7) is 0. The van der Waals surface area contributed by atoms with Gasteiger partial charge in [0, 0.05) is 27.4 Å². The van der Waals surface area contributed by atoms with Gasteiger partial charge in [0.1, 0.15) is 5.03 Å². The average Bonchev–Trinajstić information content (AvgIpc) is 2.34. The molecule has 8 heteroatoms. The zero-order valence-corrected chi connectivity index (χ0v) is 12.7. The van der Waals surface area contributed by atoms with Gasteiger partial charge >= 0.3 is 5.69 Å². The molecule has 0 aliphatic heterocycles. The van der Waals surface area contributed by atoms with Crippen LogP contribution >= 0.6 is 43.6 Å². The quantitative estimate of drug-likeness (QED) is 0.583. The minimum Gasteiger partial charge on any atom is -0.258 e. The van der Waals surface area contributed by atoms with Gasteiger partial charge in [0.05, 0.1) is 4.92 Å². The molecule has 0 bridgehead atoms. The molecule has 0 aliphatic rings. The van der Waals surface area contributed by atoms with Crippen LogP contribution in [0.4, 0.5) is 5.69 Å². The highest BCUT2D eigenvalue weighted by Crippen LogP contribution is 2.33. The topological polar surface area (TPSA) is 68.9 Å². The van der Waals surface area contributed by atoms with Gasteiger partial charge in [0.25, 0.3) is 0 Å². The molecule has 0 amide bonds. The Morgan fingerprint density at radius 3 is 2.50 bits per heavy atom. The van der Waals surface area contributed by atoms with E-state index in [0.717, 1.165) is 16.2 Å². The van der Waals surface area contributed by atoms with Crippen LogP contribution < -0.4 is 0 Å². The Hall–Kier alpha value is -0.990. The second kappa shape index (κ2) is 5.77. The van der Waals surface area contributed by atoms with Crippen molar-refractivity contribution in [1.82, 2.24) is 9.97 Å². The molecule has 2 heterocycles. The summed E-state index contributed by atoms with van der Waals surface area (Å²) in [5.41, 5.74) is -0.0425. The van der Waals surface area contributed by atoms with Gasteiger partial charge < -0.3 is 0 Å². The summed E-state index contributed by atoms with van der Waals surface area (Å²) in [6, 6.07) is 5.01. The molecule has 5 nitrogen and oxygen atoms in total. The van der Waals surface area contributed by atoms with Gasteiger partial charge in [-0.25, -0.2) is 9.97 Å². The third-order valence-electron chi connectivity index (χ3n) is 1.90. The fraction of sp³-hybridized carbons (Fsp3) is 0. The molecule has 2 aromatic rings. The van der Waals surface area contributed by atoms with E-state index >= 15 is 0 Å². The van der Waals surface area contributed by atoms with Crippen LogP contribution in [-0.4, -0.2) is 14.9 Å². The molecule has 18 heavy (non-hydrogen) atoms. The molecule has 0 fully saturated rings. The zero-order valence-electron chi connectivity index (χ0n) is 8.71. The highest BCUT2D eigenvalue weighted by atomic mass is 79.9. The summed E-state index contributed by atoms with van der Waals surface area (Å²) in [5.74, 6) is 0. The maximum Gasteiger partial charge on any atom is 0.302 e. The molecule has 0 aromatic carbocycles. The molecule has 0 radical (unpaired) electrons. The Balaban J connectivity index is 2.34. The van der Waals surface area contributed by atoms with Crippen LogP contribution in [0.2, 0.25) is 0 Å². The first-order valence-electron chi connectivity index (χ1n) is 4.65.